The van der Waals surface area contributed by atoms with Crippen LogP contribution in [0.4, 0.5) is 0 Å². The van der Waals surface area contributed by atoms with Gasteiger partial charge in [0, 0.05) is 45.4 Å². The Labute approximate surface area is 289 Å². The molecule has 0 aliphatic rings. The predicted molar refractivity (Wildman–Crippen MR) is 203 cm³/mol. The SMILES string of the molecule is c1ccc(-c2nc(-c3ccc(-c4ccc(-c5cnc6c(ccc7cccnc76)c5)cc4)cc3)nc(-c3ccccc3-c3ccccc3)n2)cc1. The average Bonchev–Trinajstić information content (AvgIpc) is 3.21. The molecule has 9 rings (SSSR count). The summed E-state index contributed by atoms with van der Waals surface area (Å²) in [6.45, 7) is 0. The van der Waals surface area contributed by atoms with Crippen molar-refractivity contribution >= 4 is 21.8 Å². The van der Waals surface area contributed by atoms with Crippen LogP contribution in [0, 0.1) is 0 Å². The van der Waals surface area contributed by atoms with Crippen LogP contribution in [0.5, 0.6) is 0 Å². The van der Waals surface area contributed by atoms with Crippen LogP contribution in [0.2, 0.25) is 0 Å². The van der Waals surface area contributed by atoms with Crippen molar-refractivity contribution in [3.63, 3.8) is 0 Å². The second-order valence-corrected chi connectivity index (χ2v) is 12.2. The number of rotatable bonds is 6. The molecule has 0 saturated heterocycles. The molecule has 3 heterocycles. The van der Waals surface area contributed by atoms with Gasteiger partial charge in [-0.15, -0.1) is 0 Å². The molecule has 234 valence electrons. The number of hydrogen-bond donors (Lipinski definition) is 0. The highest BCUT2D eigenvalue weighted by Gasteiger charge is 2.16. The molecule has 0 atom stereocenters. The molecule has 9 aromatic rings. The maximum Gasteiger partial charge on any atom is 0.164 e. The van der Waals surface area contributed by atoms with Gasteiger partial charge in [-0.3, -0.25) is 9.97 Å². The molecule has 0 radical (unpaired) electrons. The van der Waals surface area contributed by atoms with Gasteiger partial charge in [0.05, 0.1) is 11.0 Å². The number of hydrogen-bond acceptors (Lipinski definition) is 5. The molecule has 0 aliphatic carbocycles. The van der Waals surface area contributed by atoms with Crippen molar-refractivity contribution in [3.05, 3.63) is 176 Å². The van der Waals surface area contributed by atoms with E-state index in [2.05, 4.69) is 120 Å². The van der Waals surface area contributed by atoms with Gasteiger partial charge in [-0.2, -0.15) is 0 Å². The zero-order valence-corrected chi connectivity index (χ0v) is 27.0. The normalized spacial score (nSPS) is 11.2. The van der Waals surface area contributed by atoms with Gasteiger partial charge in [0.1, 0.15) is 0 Å². The van der Waals surface area contributed by atoms with Gasteiger partial charge in [0.15, 0.2) is 17.5 Å². The Morgan fingerprint density at radius 2 is 0.800 bits per heavy atom. The van der Waals surface area contributed by atoms with Crippen molar-refractivity contribution in [2.24, 2.45) is 0 Å². The van der Waals surface area contributed by atoms with E-state index < -0.39 is 0 Å². The summed E-state index contributed by atoms with van der Waals surface area (Å²) in [5.74, 6) is 1.91. The highest BCUT2D eigenvalue weighted by atomic mass is 15.0. The van der Waals surface area contributed by atoms with E-state index in [0.29, 0.717) is 17.5 Å². The zero-order valence-electron chi connectivity index (χ0n) is 27.0. The zero-order chi connectivity index (χ0) is 33.3. The molecule has 0 saturated carbocycles. The molecule has 3 aromatic heterocycles. The summed E-state index contributed by atoms with van der Waals surface area (Å²) in [5, 5.41) is 2.17. The molecule has 0 bridgehead atoms. The van der Waals surface area contributed by atoms with Gasteiger partial charge in [0.2, 0.25) is 0 Å². The molecule has 50 heavy (non-hydrogen) atoms. The Balaban J connectivity index is 1.04. The van der Waals surface area contributed by atoms with E-state index >= 15 is 0 Å². The second kappa shape index (κ2) is 12.6. The van der Waals surface area contributed by atoms with Gasteiger partial charge in [-0.1, -0.05) is 152 Å². The summed E-state index contributed by atoms with van der Waals surface area (Å²) in [7, 11) is 0. The van der Waals surface area contributed by atoms with E-state index in [-0.39, 0.29) is 0 Å². The molecule has 0 aliphatic heterocycles. The lowest BCUT2D eigenvalue weighted by Crippen LogP contribution is -2.01. The van der Waals surface area contributed by atoms with Crippen LogP contribution in [-0.4, -0.2) is 24.9 Å². The number of aromatic nitrogens is 5. The van der Waals surface area contributed by atoms with Gasteiger partial charge < -0.3 is 0 Å². The first-order chi connectivity index (χ1) is 24.8. The van der Waals surface area contributed by atoms with Crippen LogP contribution >= 0.6 is 0 Å². The molecular formula is C45H29N5. The van der Waals surface area contributed by atoms with E-state index in [1.54, 1.807) is 0 Å². The van der Waals surface area contributed by atoms with Crippen molar-refractivity contribution in [1.82, 2.24) is 24.9 Å². The molecule has 5 nitrogen and oxygen atoms in total. The lowest BCUT2D eigenvalue weighted by molar-refractivity contribution is 1.07. The van der Waals surface area contributed by atoms with E-state index in [9.17, 15) is 0 Å². The van der Waals surface area contributed by atoms with E-state index in [1.807, 2.05) is 60.9 Å². The Bertz CT molecular complexity index is 2620. The monoisotopic (exact) mass is 639 g/mol. The molecule has 0 fully saturated rings. The Kier molecular flexibility index (Phi) is 7.41. The van der Waals surface area contributed by atoms with Crippen LogP contribution in [0.1, 0.15) is 0 Å². The lowest BCUT2D eigenvalue weighted by Gasteiger charge is -2.12. The number of pyridine rings is 2. The summed E-state index contributed by atoms with van der Waals surface area (Å²) >= 11 is 0. The van der Waals surface area contributed by atoms with Gasteiger partial charge in [-0.25, -0.2) is 15.0 Å². The summed E-state index contributed by atoms with van der Waals surface area (Å²) in [6, 6.07) is 56.2. The smallest absolute Gasteiger partial charge is 0.164 e. The minimum atomic E-state index is 0.630. The fraction of sp³-hybridized carbons (Fsp3) is 0. The molecule has 0 N–H and O–H groups in total. The minimum Gasteiger partial charge on any atom is -0.254 e. The Morgan fingerprint density at radius 1 is 0.300 bits per heavy atom. The second-order valence-electron chi connectivity index (χ2n) is 12.2. The third kappa shape index (κ3) is 5.57. The van der Waals surface area contributed by atoms with Crippen molar-refractivity contribution in [2.75, 3.05) is 0 Å². The van der Waals surface area contributed by atoms with Crippen molar-refractivity contribution < 1.29 is 0 Å². The van der Waals surface area contributed by atoms with Crippen molar-refractivity contribution in [1.29, 1.82) is 0 Å². The van der Waals surface area contributed by atoms with Crippen LogP contribution in [0.3, 0.4) is 0 Å². The first kappa shape index (κ1) is 29.3. The van der Waals surface area contributed by atoms with Crippen LogP contribution in [0.15, 0.2) is 176 Å². The summed E-state index contributed by atoms with van der Waals surface area (Å²) in [4.78, 5) is 24.3. The largest absolute Gasteiger partial charge is 0.254 e. The van der Waals surface area contributed by atoms with E-state index in [4.69, 9.17) is 19.9 Å². The Morgan fingerprint density at radius 3 is 1.48 bits per heavy atom. The molecule has 0 spiro atoms. The van der Waals surface area contributed by atoms with Gasteiger partial charge >= 0.3 is 0 Å². The summed E-state index contributed by atoms with van der Waals surface area (Å²) in [5.41, 5.74) is 11.3. The maximum atomic E-state index is 5.04. The first-order valence-electron chi connectivity index (χ1n) is 16.6. The average molecular weight is 640 g/mol. The fourth-order valence-electron chi connectivity index (χ4n) is 6.45. The van der Waals surface area contributed by atoms with E-state index in [0.717, 1.165) is 71.9 Å². The number of nitrogens with zero attached hydrogens (tertiary/aromatic N) is 5. The lowest BCUT2D eigenvalue weighted by atomic mass is 9.98. The topological polar surface area (TPSA) is 64.5 Å². The third-order valence-corrected chi connectivity index (χ3v) is 9.04. The standard InChI is InChI=1S/C45H29N5/c1-3-10-33(11-4-1)39-15-7-8-16-40(39)45-49-43(35-12-5-2-6-13-35)48-44(50-45)36-24-21-31(22-25-36)30-17-19-32(20-18-30)38-28-37-26-23-34-14-9-27-46-41(34)42(37)47-29-38/h1-29H. The Hall–Kier alpha value is -6.85. The highest BCUT2D eigenvalue weighted by molar-refractivity contribution is 6.03. The van der Waals surface area contributed by atoms with Gasteiger partial charge in [0.25, 0.3) is 0 Å². The van der Waals surface area contributed by atoms with E-state index in [1.165, 1.54) is 0 Å². The molecule has 5 heteroatoms. The van der Waals surface area contributed by atoms with Crippen LogP contribution in [-0.2, 0) is 0 Å². The van der Waals surface area contributed by atoms with Crippen molar-refractivity contribution in [2.45, 2.75) is 0 Å². The number of benzene rings is 6. The van der Waals surface area contributed by atoms with Crippen molar-refractivity contribution in [3.8, 4) is 67.5 Å². The molecule has 0 amide bonds. The minimum absolute atomic E-state index is 0.630. The number of fused-ring (bicyclic) bond motifs is 3. The predicted octanol–water partition coefficient (Wildman–Crippen LogP) is 11.0. The molecule has 0 unspecified atom stereocenters. The van der Waals surface area contributed by atoms with Crippen LogP contribution in [0.25, 0.3) is 89.4 Å². The third-order valence-electron chi connectivity index (χ3n) is 9.04. The molecular weight excluding hydrogens is 611 g/mol. The highest BCUT2D eigenvalue weighted by Crippen LogP contribution is 2.33. The molecule has 6 aromatic carbocycles. The summed E-state index contributed by atoms with van der Waals surface area (Å²) in [6.07, 6.45) is 3.75. The summed E-state index contributed by atoms with van der Waals surface area (Å²) < 4.78 is 0. The first-order valence-corrected chi connectivity index (χ1v) is 16.6. The van der Waals surface area contributed by atoms with Gasteiger partial charge in [-0.05, 0) is 39.9 Å². The maximum absolute atomic E-state index is 5.04. The van der Waals surface area contributed by atoms with Crippen LogP contribution < -0.4 is 0 Å². The fourth-order valence-corrected chi connectivity index (χ4v) is 6.45. The quantitative estimate of drug-likeness (QED) is 0.169.